The molecule has 2 heterocycles. The summed E-state index contributed by atoms with van der Waals surface area (Å²) in [7, 11) is 0. The molecule has 0 atom stereocenters. The zero-order valence-corrected chi connectivity index (χ0v) is 17.8. The summed E-state index contributed by atoms with van der Waals surface area (Å²) in [5.41, 5.74) is 0.542. The van der Waals surface area contributed by atoms with Gasteiger partial charge in [-0.25, -0.2) is 4.68 Å². The molecule has 1 saturated carbocycles. The zero-order valence-electron chi connectivity index (χ0n) is 17.8. The number of amides is 1. The zero-order chi connectivity index (χ0) is 20.8. The lowest BCUT2D eigenvalue weighted by Crippen LogP contribution is -2.52. The Morgan fingerprint density at radius 1 is 0.967 bits per heavy atom. The minimum Gasteiger partial charge on any atom is -0.340 e. The highest BCUT2D eigenvalue weighted by atomic mass is 16.2. The molecule has 0 radical (unpaired) electrons. The average Bonchev–Trinajstić information content (AvgIpc) is 2.81. The normalized spacial score (nSPS) is 18.7. The maximum absolute atomic E-state index is 12.5. The van der Waals surface area contributed by atoms with Crippen LogP contribution in [-0.4, -0.2) is 62.9 Å². The van der Waals surface area contributed by atoms with E-state index in [1.807, 2.05) is 17.0 Å². The minimum absolute atomic E-state index is 0.0903. The van der Waals surface area contributed by atoms with Gasteiger partial charge in [0.1, 0.15) is 5.52 Å². The van der Waals surface area contributed by atoms with Crippen LogP contribution in [0, 0.1) is 0 Å². The van der Waals surface area contributed by atoms with Crippen molar-refractivity contribution in [3.63, 3.8) is 0 Å². The molecule has 1 aliphatic carbocycles. The van der Waals surface area contributed by atoms with Gasteiger partial charge in [-0.2, -0.15) is 0 Å². The van der Waals surface area contributed by atoms with E-state index >= 15 is 0 Å². The van der Waals surface area contributed by atoms with Crippen molar-refractivity contribution in [3.05, 3.63) is 34.6 Å². The number of carbonyl (C=O) groups is 1. The Kier molecular flexibility index (Phi) is 7.10. The number of unbranched alkanes of at least 4 members (excludes halogenated alkanes) is 2. The molecule has 0 spiro atoms. The standard InChI is InChI=1S/C23H33N5O2/c29-22(27-17-15-26(16-18-27)19-9-3-1-4-10-19)13-5-2-8-14-28-23(30)20-11-6-7-12-21(20)24-25-28/h6-7,11-12,19H,1-5,8-10,13-18H2. The maximum Gasteiger partial charge on any atom is 0.277 e. The summed E-state index contributed by atoms with van der Waals surface area (Å²) in [6.45, 7) is 4.35. The summed E-state index contributed by atoms with van der Waals surface area (Å²) < 4.78 is 1.44. The molecule has 2 aromatic rings. The summed E-state index contributed by atoms with van der Waals surface area (Å²) in [6, 6.07) is 8.03. The van der Waals surface area contributed by atoms with E-state index in [1.54, 1.807) is 12.1 Å². The lowest BCUT2D eigenvalue weighted by atomic mass is 9.94. The molecule has 1 amide bonds. The number of aryl methyl sites for hydroxylation is 1. The van der Waals surface area contributed by atoms with Crippen molar-refractivity contribution in [3.8, 4) is 0 Å². The number of benzene rings is 1. The van der Waals surface area contributed by atoms with Gasteiger partial charge in [0.25, 0.3) is 5.56 Å². The van der Waals surface area contributed by atoms with E-state index in [2.05, 4.69) is 15.2 Å². The highest BCUT2D eigenvalue weighted by Crippen LogP contribution is 2.23. The highest BCUT2D eigenvalue weighted by molar-refractivity contribution is 5.76. The molecule has 30 heavy (non-hydrogen) atoms. The van der Waals surface area contributed by atoms with Crippen LogP contribution in [0.15, 0.2) is 29.1 Å². The lowest BCUT2D eigenvalue weighted by molar-refractivity contribution is -0.133. The van der Waals surface area contributed by atoms with Crippen LogP contribution in [0.2, 0.25) is 0 Å². The molecule has 7 heteroatoms. The van der Waals surface area contributed by atoms with E-state index in [1.165, 1.54) is 36.8 Å². The molecule has 2 fully saturated rings. The van der Waals surface area contributed by atoms with E-state index in [9.17, 15) is 9.59 Å². The Labute approximate surface area is 178 Å². The first-order chi connectivity index (χ1) is 14.7. The van der Waals surface area contributed by atoms with E-state index in [-0.39, 0.29) is 11.5 Å². The molecule has 1 aromatic heterocycles. The molecule has 1 saturated heterocycles. The second-order valence-electron chi connectivity index (χ2n) is 8.65. The van der Waals surface area contributed by atoms with Gasteiger partial charge in [-0.15, -0.1) is 5.10 Å². The number of hydrogen-bond acceptors (Lipinski definition) is 5. The first kappa shape index (κ1) is 21.0. The molecule has 7 nitrogen and oxygen atoms in total. The van der Waals surface area contributed by atoms with Gasteiger partial charge < -0.3 is 4.90 Å². The summed E-state index contributed by atoms with van der Waals surface area (Å²) in [6.07, 6.45) is 9.97. The highest BCUT2D eigenvalue weighted by Gasteiger charge is 2.26. The first-order valence-corrected chi connectivity index (χ1v) is 11.6. The maximum atomic E-state index is 12.5. The molecule has 0 N–H and O–H groups in total. The molecule has 1 aliphatic heterocycles. The molecule has 0 unspecified atom stereocenters. The van der Waals surface area contributed by atoms with E-state index in [0.29, 0.717) is 23.9 Å². The van der Waals surface area contributed by atoms with Crippen LogP contribution in [-0.2, 0) is 11.3 Å². The number of fused-ring (bicyclic) bond motifs is 1. The average molecular weight is 412 g/mol. The monoisotopic (exact) mass is 411 g/mol. The van der Waals surface area contributed by atoms with Crippen LogP contribution in [0.25, 0.3) is 10.9 Å². The number of aromatic nitrogens is 3. The van der Waals surface area contributed by atoms with Crippen molar-refractivity contribution < 1.29 is 4.79 Å². The van der Waals surface area contributed by atoms with E-state index in [0.717, 1.165) is 51.5 Å². The van der Waals surface area contributed by atoms with Gasteiger partial charge in [-0.1, -0.05) is 43.0 Å². The van der Waals surface area contributed by atoms with Crippen LogP contribution >= 0.6 is 0 Å². The summed E-state index contributed by atoms with van der Waals surface area (Å²) >= 11 is 0. The predicted octanol–water partition coefficient (Wildman–Crippen LogP) is 2.83. The van der Waals surface area contributed by atoms with Gasteiger partial charge in [0.05, 0.1) is 5.39 Å². The third-order valence-electron chi connectivity index (χ3n) is 6.65. The predicted molar refractivity (Wildman–Crippen MR) is 117 cm³/mol. The topological polar surface area (TPSA) is 71.3 Å². The van der Waals surface area contributed by atoms with Crippen molar-refractivity contribution in [2.75, 3.05) is 26.2 Å². The third kappa shape index (κ3) is 5.06. The van der Waals surface area contributed by atoms with Crippen molar-refractivity contribution in [1.29, 1.82) is 0 Å². The van der Waals surface area contributed by atoms with Crippen molar-refractivity contribution in [2.45, 2.75) is 70.4 Å². The molecule has 1 aromatic carbocycles. The fraction of sp³-hybridized carbons (Fsp3) is 0.652. The Bertz CT molecular complexity index is 898. The molecule has 0 bridgehead atoms. The van der Waals surface area contributed by atoms with Crippen LogP contribution in [0.3, 0.4) is 0 Å². The molecule has 162 valence electrons. The summed E-state index contributed by atoms with van der Waals surface area (Å²) in [5.74, 6) is 0.279. The molecular weight excluding hydrogens is 378 g/mol. The number of carbonyl (C=O) groups excluding carboxylic acids is 1. The number of hydrogen-bond donors (Lipinski definition) is 0. The Morgan fingerprint density at radius 2 is 1.73 bits per heavy atom. The Hall–Kier alpha value is -2.28. The van der Waals surface area contributed by atoms with Gasteiger partial charge in [0, 0.05) is 45.2 Å². The molecule has 2 aliphatic rings. The van der Waals surface area contributed by atoms with Crippen molar-refractivity contribution in [1.82, 2.24) is 24.8 Å². The van der Waals surface area contributed by atoms with E-state index < -0.39 is 0 Å². The van der Waals surface area contributed by atoms with Crippen molar-refractivity contribution in [2.24, 2.45) is 0 Å². The van der Waals surface area contributed by atoms with Crippen LogP contribution in [0.1, 0.15) is 57.8 Å². The molecular formula is C23H33N5O2. The van der Waals surface area contributed by atoms with Crippen LogP contribution < -0.4 is 5.56 Å². The first-order valence-electron chi connectivity index (χ1n) is 11.6. The quantitative estimate of drug-likeness (QED) is 0.655. The van der Waals surface area contributed by atoms with Gasteiger partial charge in [-0.05, 0) is 37.8 Å². The van der Waals surface area contributed by atoms with Gasteiger partial charge in [0.15, 0.2) is 0 Å². The largest absolute Gasteiger partial charge is 0.340 e. The minimum atomic E-state index is -0.0903. The van der Waals surface area contributed by atoms with Crippen LogP contribution in [0.4, 0.5) is 0 Å². The fourth-order valence-corrected chi connectivity index (χ4v) is 4.83. The smallest absolute Gasteiger partial charge is 0.277 e. The number of piperazine rings is 1. The van der Waals surface area contributed by atoms with Crippen LogP contribution in [0.5, 0.6) is 0 Å². The lowest BCUT2D eigenvalue weighted by Gasteiger charge is -2.40. The van der Waals surface area contributed by atoms with Gasteiger partial charge in [0.2, 0.25) is 5.91 Å². The summed E-state index contributed by atoms with van der Waals surface area (Å²) in [4.78, 5) is 29.6. The number of rotatable bonds is 7. The summed E-state index contributed by atoms with van der Waals surface area (Å²) in [5, 5.41) is 8.76. The second-order valence-corrected chi connectivity index (χ2v) is 8.65. The SMILES string of the molecule is O=C(CCCCCn1nnc2ccccc2c1=O)N1CCN(C2CCCCC2)CC1. The van der Waals surface area contributed by atoms with E-state index in [4.69, 9.17) is 0 Å². The van der Waals surface area contributed by atoms with Gasteiger partial charge in [-0.3, -0.25) is 14.5 Å². The Balaban J connectivity index is 1.15. The fourth-order valence-electron chi connectivity index (χ4n) is 4.83. The van der Waals surface area contributed by atoms with Crippen molar-refractivity contribution >= 4 is 16.8 Å². The second kappa shape index (κ2) is 10.2. The van der Waals surface area contributed by atoms with Gasteiger partial charge >= 0.3 is 0 Å². The number of nitrogens with zero attached hydrogens (tertiary/aromatic N) is 5. The molecule has 4 rings (SSSR count). The Morgan fingerprint density at radius 3 is 2.53 bits per heavy atom. The third-order valence-corrected chi connectivity index (χ3v) is 6.65.